The maximum atomic E-state index is 13.4. The second-order valence-corrected chi connectivity index (χ2v) is 10.0. The van der Waals surface area contributed by atoms with Gasteiger partial charge in [0.25, 0.3) is 0 Å². The highest BCUT2D eigenvalue weighted by atomic mass is 35.5. The van der Waals surface area contributed by atoms with Gasteiger partial charge >= 0.3 is 0 Å². The number of halogens is 1. The number of aromatic nitrogens is 2. The molecule has 1 aliphatic rings. The number of hydrogen-bond acceptors (Lipinski definition) is 6. The van der Waals surface area contributed by atoms with Crippen LogP contribution in [0.3, 0.4) is 0 Å². The Morgan fingerprint density at radius 2 is 1.58 bits per heavy atom. The number of benzene rings is 3. The van der Waals surface area contributed by atoms with Crippen LogP contribution in [0.25, 0.3) is 0 Å². The molecule has 8 heteroatoms. The van der Waals surface area contributed by atoms with Crippen molar-refractivity contribution in [1.82, 2.24) is 14.3 Å². The van der Waals surface area contributed by atoms with E-state index in [-0.39, 0.29) is 12.5 Å². The lowest BCUT2D eigenvalue weighted by Crippen LogP contribution is -2.51. The number of hydrogen-bond donors (Lipinski definition) is 0. The summed E-state index contributed by atoms with van der Waals surface area (Å²) in [6, 6.07) is 28.3. The van der Waals surface area contributed by atoms with E-state index < -0.39 is 0 Å². The Hall–Kier alpha value is -3.42. The second kappa shape index (κ2) is 11.5. The number of carbonyl (C=O) groups is 1. The fourth-order valence-corrected chi connectivity index (χ4v) is 5.24. The van der Waals surface area contributed by atoms with E-state index >= 15 is 0 Å². The van der Waals surface area contributed by atoms with Crippen LogP contribution >= 0.6 is 23.1 Å². The van der Waals surface area contributed by atoms with Gasteiger partial charge in [-0.2, -0.15) is 4.37 Å². The molecule has 0 radical (unpaired) electrons. The van der Waals surface area contributed by atoms with Gasteiger partial charge in [-0.05, 0) is 29.3 Å². The van der Waals surface area contributed by atoms with Crippen molar-refractivity contribution in [2.24, 2.45) is 0 Å². The van der Waals surface area contributed by atoms with Crippen molar-refractivity contribution in [3.05, 3.63) is 107 Å². The molecule has 4 aromatic rings. The molecule has 3 aromatic carbocycles. The summed E-state index contributed by atoms with van der Waals surface area (Å²) < 4.78 is 4.59. The molecule has 0 atom stereocenters. The molecule has 36 heavy (non-hydrogen) atoms. The summed E-state index contributed by atoms with van der Waals surface area (Å²) in [5.74, 6) is 0.887. The lowest BCUT2D eigenvalue weighted by Gasteiger charge is -2.37. The average Bonchev–Trinajstić information content (AvgIpc) is 3.38. The van der Waals surface area contributed by atoms with Gasteiger partial charge in [-0.15, -0.1) is 0 Å². The van der Waals surface area contributed by atoms with Gasteiger partial charge in [-0.1, -0.05) is 78.3 Å². The van der Waals surface area contributed by atoms with E-state index in [0.29, 0.717) is 26.1 Å². The van der Waals surface area contributed by atoms with Crippen LogP contribution in [0, 0.1) is 0 Å². The lowest BCUT2D eigenvalue weighted by molar-refractivity contribution is -0.130. The van der Waals surface area contributed by atoms with Gasteiger partial charge in [0.1, 0.15) is 5.82 Å². The van der Waals surface area contributed by atoms with Crippen LogP contribution < -0.4 is 9.80 Å². The predicted molar refractivity (Wildman–Crippen MR) is 147 cm³/mol. The minimum absolute atomic E-state index is 0.108. The standard InChI is InChI=1S/C28H28ClN5OS/c29-24-12-7-13-25(19-24)32-14-16-33(17-15-32)27(35)21-34(20-23-10-5-2-6-11-23)28-30-26(31-36-28)18-22-8-3-1-4-9-22/h1-13,19H,14-18,20-21H2. The first-order valence-corrected chi connectivity index (χ1v) is 13.2. The minimum Gasteiger partial charge on any atom is -0.368 e. The molecule has 1 aliphatic heterocycles. The summed E-state index contributed by atoms with van der Waals surface area (Å²) in [6.45, 7) is 3.80. The zero-order chi connectivity index (χ0) is 24.7. The van der Waals surface area contributed by atoms with Crippen molar-refractivity contribution < 1.29 is 4.79 Å². The number of anilines is 2. The first kappa shape index (κ1) is 24.3. The quantitative estimate of drug-likeness (QED) is 0.324. The van der Waals surface area contributed by atoms with Crippen molar-refractivity contribution in [1.29, 1.82) is 0 Å². The van der Waals surface area contributed by atoms with Gasteiger partial charge in [-0.3, -0.25) is 4.79 Å². The van der Waals surface area contributed by atoms with Crippen LogP contribution in [0.1, 0.15) is 17.0 Å². The van der Waals surface area contributed by atoms with E-state index in [4.69, 9.17) is 16.6 Å². The first-order valence-electron chi connectivity index (χ1n) is 12.1. The Bertz CT molecular complexity index is 1280. The molecule has 5 rings (SSSR count). The summed E-state index contributed by atoms with van der Waals surface area (Å²) in [4.78, 5) is 24.4. The van der Waals surface area contributed by atoms with Crippen molar-refractivity contribution in [2.75, 3.05) is 42.5 Å². The molecule has 1 saturated heterocycles. The molecule has 6 nitrogen and oxygen atoms in total. The number of carbonyl (C=O) groups excluding carboxylic acids is 1. The topological polar surface area (TPSA) is 52.6 Å². The molecular formula is C28H28ClN5OS. The molecular weight excluding hydrogens is 490 g/mol. The molecule has 2 heterocycles. The van der Waals surface area contributed by atoms with Crippen molar-refractivity contribution in [3.8, 4) is 0 Å². The highest BCUT2D eigenvalue weighted by molar-refractivity contribution is 7.09. The zero-order valence-electron chi connectivity index (χ0n) is 20.0. The molecule has 1 amide bonds. The van der Waals surface area contributed by atoms with E-state index in [9.17, 15) is 4.79 Å². The van der Waals surface area contributed by atoms with Gasteiger partial charge in [0.05, 0.1) is 6.54 Å². The maximum Gasteiger partial charge on any atom is 0.242 e. The number of rotatable bonds is 8. The summed E-state index contributed by atoms with van der Waals surface area (Å²) in [5, 5.41) is 1.50. The summed E-state index contributed by atoms with van der Waals surface area (Å²) in [5.41, 5.74) is 3.40. The molecule has 0 bridgehead atoms. The highest BCUT2D eigenvalue weighted by Gasteiger charge is 2.25. The summed E-state index contributed by atoms with van der Waals surface area (Å²) in [6.07, 6.45) is 0.677. The van der Waals surface area contributed by atoms with E-state index in [2.05, 4.69) is 39.6 Å². The number of nitrogens with zero attached hydrogens (tertiary/aromatic N) is 5. The fraction of sp³-hybridized carbons (Fsp3) is 0.250. The van der Waals surface area contributed by atoms with Gasteiger partial charge in [0.2, 0.25) is 11.0 Å². The van der Waals surface area contributed by atoms with Crippen LogP contribution in [-0.2, 0) is 17.8 Å². The van der Waals surface area contributed by atoms with E-state index in [1.807, 2.05) is 64.4 Å². The van der Waals surface area contributed by atoms with Crippen LogP contribution in [0.4, 0.5) is 10.8 Å². The van der Waals surface area contributed by atoms with E-state index in [1.165, 1.54) is 17.1 Å². The van der Waals surface area contributed by atoms with Gasteiger partial charge in [0, 0.05) is 61.4 Å². The Morgan fingerprint density at radius 3 is 2.28 bits per heavy atom. The van der Waals surface area contributed by atoms with Crippen LogP contribution in [-0.4, -0.2) is 52.9 Å². The van der Waals surface area contributed by atoms with E-state index in [1.54, 1.807) is 0 Å². The van der Waals surface area contributed by atoms with Crippen molar-refractivity contribution in [2.45, 2.75) is 13.0 Å². The second-order valence-electron chi connectivity index (χ2n) is 8.84. The molecule has 0 aliphatic carbocycles. The third-order valence-electron chi connectivity index (χ3n) is 6.28. The first-order chi connectivity index (χ1) is 17.6. The lowest BCUT2D eigenvalue weighted by atomic mass is 10.1. The maximum absolute atomic E-state index is 13.4. The normalized spacial score (nSPS) is 13.6. The zero-order valence-corrected chi connectivity index (χ0v) is 21.5. The molecule has 184 valence electrons. The van der Waals surface area contributed by atoms with Gasteiger partial charge < -0.3 is 14.7 Å². The van der Waals surface area contributed by atoms with Crippen LogP contribution in [0.5, 0.6) is 0 Å². The Balaban J connectivity index is 1.26. The van der Waals surface area contributed by atoms with Crippen LogP contribution in [0.2, 0.25) is 5.02 Å². The Kier molecular flexibility index (Phi) is 7.79. The largest absolute Gasteiger partial charge is 0.368 e. The summed E-state index contributed by atoms with van der Waals surface area (Å²) in [7, 11) is 0. The third kappa shape index (κ3) is 6.22. The average molecular weight is 518 g/mol. The van der Waals surface area contributed by atoms with Gasteiger partial charge in [-0.25, -0.2) is 4.98 Å². The minimum atomic E-state index is 0.108. The molecule has 0 saturated carbocycles. The molecule has 1 fully saturated rings. The Labute approximate surface area is 220 Å². The SMILES string of the molecule is O=C(CN(Cc1ccccc1)c1nc(Cc2ccccc2)ns1)N1CCN(c2cccc(Cl)c2)CC1. The van der Waals surface area contributed by atoms with E-state index in [0.717, 1.165) is 40.3 Å². The summed E-state index contributed by atoms with van der Waals surface area (Å²) >= 11 is 7.52. The smallest absolute Gasteiger partial charge is 0.242 e. The monoisotopic (exact) mass is 517 g/mol. The Morgan fingerprint density at radius 1 is 0.889 bits per heavy atom. The van der Waals surface area contributed by atoms with Crippen LogP contribution in [0.15, 0.2) is 84.9 Å². The van der Waals surface area contributed by atoms with Crippen molar-refractivity contribution >= 4 is 39.9 Å². The predicted octanol–water partition coefficient (Wildman–Crippen LogP) is 5.14. The fourth-order valence-electron chi connectivity index (χ4n) is 4.37. The third-order valence-corrected chi connectivity index (χ3v) is 7.33. The number of amides is 1. The van der Waals surface area contributed by atoms with Gasteiger partial charge in [0.15, 0.2) is 0 Å². The molecule has 0 spiro atoms. The molecule has 0 unspecified atom stereocenters. The van der Waals surface area contributed by atoms with Crippen molar-refractivity contribution in [3.63, 3.8) is 0 Å². The highest BCUT2D eigenvalue weighted by Crippen LogP contribution is 2.23. The molecule has 1 aromatic heterocycles. The number of piperazine rings is 1. The molecule has 0 N–H and O–H groups in total.